The average Bonchev–Trinajstić information content (AvgIpc) is 2.95. The Balaban J connectivity index is 1.43. The van der Waals surface area contributed by atoms with E-state index in [0.717, 1.165) is 41.7 Å². The van der Waals surface area contributed by atoms with Gasteiger partial charge in [0.05, 0.1) is 23.9 Å². The van der Waals surface area contributed by atoms with Gasteiger partial charge in [-0.2, -0.15) is 0 Å². The Morgan fingerprint density at radius 1 is 1.00 bits per heavy atom. The minimum atomic E-state index is -0.959. The van der Waals surface area contributed by atoms with Gasteiger partial charge in [-0.1, -0.05) is 67.6 Å². The van der Waals surface area contributed by atoms with Gasteiger partial charge in [-0.3, -0.25) is 14.7 Å². The minimum Gasteiger partial charge on any atom is -0.495 e. The van der Waals surface area contributed by atoms with E-state index >= 15 is 0 Å². The third-order valence-corrected chi connectivity index (χ3v) is 6.86. The molecule has 1 aromatic heterocycles. The van der Waals surface area contributed by atoms with Crippen molar-refractivity contribution in [2.45, 2.75) is 39.0 Å². The molecule has 7 nitrogen and oxygen atoms in total. The number of pyridine rings is 1. The Morgan fingerprint density at radius 2 is 1.74 bits per heavy atom. The molecule has 1 atom stereocenters. The third-order valence-electron chi connectivity index (χ3n) is 6.86. The zero-order valence-electron chi connectivity index (χ0n) is 21.6. The molecule has 1 aliphatic rings. The highest BCUT2D eigenvalue weighted by Crippen LogP contribution is 2.30. The standard InChI is InChI=1S/C31H31N3O4/c1-3-27(30(35)33-26-15-9-10-16-28(26)37-2)38-31(36)29-22-13-7-8-14-24(22)32-25-17-18-34(20-23(25)29)19-21-11-5-4-6-12-21/h4-16,27H,3,17-20H2,1-2H3,(H,33,35). The lowest BCUT2D eigenvalue weighted by molar-refractivity contribution is -0.124. The molecule has 38 heavy (non-hydrogen) atoms. The summed E-state index contributed by atoms with van der Waals surface area (Å²) in [5.41, 5.74) is 4.76. The number of benzene rings is 3. The minimum absolute atomic E-state index is 0.331. The van der Waals surface area contributed by atoms with E-state index in [0.29, 0.717) is 30.0 Å². The van der Waals surface area contributed by atoms with Crippen LogP contribution in [0.2, 0.25) is 0 Å². The molecule has 0 saturated carbocycles. The molecule has 194 valence electrons. The fourth-order valence-corrected chi connectivity index (χ4v) is 4.93. The fraction of sp³-hybridized carbons (Fsp3) is 0.258. The molecule has 4 aromatic rings. The van der Waals surface area contributed by atoms with Crippen LogP contribution in [0, 0.1) is 0 Å². The second kappa shape index (κ2) is 11.4. The van der Waals surface area contributed by atoms with Crippen molar-refractivity contribution in [3.05, 3.63) is 101 Å². The number of hydrogen-bond donors (Lipinski definition) is 1. The van der Waals surface area contributed by atoms with E-state index in [-0.39, 0.29) is 0 Å². The van der Waals surface area contributed by atoms with Gasteiger partial charge in [0.1, 0.15) is 5.75 Å². The van der Waals surface area contributed by atoms with Gasteiger partial charge in [0.2, 0.25) is 0 Å². The van der Waals surface area contributed by atoms with Gasteiger partial charge in [0, 0.05) is 42.7 Å². The molecule has 7 heteroatoms. The maximum atomic E-state index is 13.8. The van der Waals surface area contributed by atoms with Gasteiger partial charge >= 0.3 is 5.97 Å². The van der Waals surface area contributed by atoms with Crippen molar-refractivity contribution in [3.63, 3.8) is 0 Å². The molecule has 0 bridgehead atoms. The molecule has 1 N–H and O–H groups in total. The predicted molar refractivity (Wildman–Crippen MR) is 147 cm³/mol. The molecule has 0 radical (unpaired) electrons. The quantitative estimate of drug-likeness (QED) is 0.322. The van der Waals surface area contributed by atoms with Gasteiger partial charge in [-0.05, 0) is 30.2 Å². The van der Waals surface area contributed by atoms with Crippen molar-refractivity contribution in [2.24, 2.45) is 0 Å². The van der Waals surface area contributed by atoms with E-state index in [1.54, 1.807) is 19.2 Å². The Morgan fingerprint density at radius 3 is 2.53 bits per heavy atom. The summed E-state index contributed by atoms with van der Waals surface area (Å²) < 4.78 is 11.2. The first-order chi connectivity index (χ1) is 18.6. The Bertz CT molecular complexity index is 1450. The summed E-state index contributed by atoms with van der Waals surface area (Å²) >= 11 is 0. The summed E-state index contributed by atoms with van der Waals surface area (Å²) in [6, 6.07) is 25.0. The van der Waals surface area contributed by atoms with E-state index in [1.165, 1.54) is 5.56 Å². The van der Waals surface area contributed by atoms with Crippen LogP contribution < -0.4 is 10.1 Å². The van der Waals surface area contributed by atoms with Crippen molar-refractivity contribution >= 4 is 28.5 Å². The number of rotatable bonds is 8. The number of para-hydroxylation sites is 3. The van der Waals surface area contributed by atoms with Crippen LogP contribution in [0.1, 0.15) is 40.5 Å². The molecule has 3 aromatic carbocycles. The van der Waals surface area contributed by atoms with E-state index < -0.39 is 18.0 Å². The zero-order chi connectivity index (χ0) is 26.5. The lowest BCUT2D eigenvalue weighted by Crippen LogP contribution is -2.35. The molecule has 1 amide bonds. The highest BCUT2D eigenvalue weighted by molar-refractivity contribution is 6.06. The molecule has 1 unspecified atom stereocenters. The van der Waals surface area contributed by atoms with Crippen LogP contribution in [-0.2, 0) is 29.0 Å². The maximum Gasteiger partial charge on any atom is 0.340 e. The number of carbonyl (C=O) groups is 2. The predicted octanol–water partition coefficient (Wildman–Crippen LogP) is 5.38. The van der Waals surface area contributed by atoms with Crippen LogP contribution in [0.3, 0.4) is 0 Å². The smallest absolute Gasteiger partial charge is 0.340 e. The molecule has 0 spiro atoms. The normalized spacial score (nSPS) is 13.9. The van der Waals surface area contributed by atoms with Crippen LogP contribution in [0.25, 0.3) is 10.9 Å². The number of aromatic nitrogens is 1. The maximum absolute atomic E-state index is 13.8. The number of fused-ring (bicyclic) bond motifs is 2. The van der Waals surface area contributed by atoms with Crippen LogP contribution in [-0.4, -0.2) is 41.5 Å². The van der Waals surface area contributed by atoms with Crippen molar-refractivity contribution in [1.82, 2.24) is 9.88 Å². The number of methoxy groups -OCH3 is 1. The number of amides is 1. The van der Waals surface area contributed by atoms with E-state index in [1.807, 2.05) is 61.5 Å². The fourth-order valence-electron chi connectivity index (χ4n) is 4.93. The second-order valence-corrected chi connectivity index (χ2v) is 9.37. The average molecular weight is 510 g/mol. The Labute approximate surface area is 222 Å². The van der Waals surface area contributed by atoms with Crippen LogP contribution in [0.15, 0.2) is 78.9 Å². The molecule has 0 aliphatic carbocycles. The molecule has 1 aliphatic heterocycles. The van der Waals surface area contributed by atoms with E-state index in [9.17, 15) is 9.59 Å². The molecule has 0 saturated heterocycles. The van der Waals surface area contributed by atoms with Gasteiger partial charge in [0.25, 0.3) is 5.91 Å². The van der Waals surface area contributed by atoms with E-state index in [4.69, 9.17) is 14.5 Å². The third kappa shape index (κ3) is 5.38. The number of ether oxygens (including phenoxy) is 2. The molecule has 5 rings (SSSR count). The van der Waals surface area contributed by atoms with Crippen molar-refractivity contribution in [3.8, 4) is 5.75 Å². The number of esters is 1. The highest BCUT2D eigenvalue weighted by atomic mass is 16.5. The number of nitrogens with zero attached hydrogens (tertiary/aromatic N) is 2. The first-order valence-electron chi connectivity index (χ1n) is 12.9. The highest BCUT2D eigenvalue weighted by Gasteiger charge is 2.30. The monoisotopic (exact) mass is 509 g/mol. The summed E-state index contributed by atoms with van der Waals surface area (Å²) in [6.45, 7) is 4.03. The van der Waals surface area contributed by atoms with Gasteiger partial charge in [-0.25, -0.2) is 4.79 Å². The van der Waals surface area contributed by atoms with Crippen LogP contribution in [0.5, 0.6) is 5.75 Å². The first kappa shape index (κ1) is 25.4. The van der Waals surface area contributed by atoms with Gasteiger partial charge in [0.15, 0.2) is 6.10 Å². The largest absolute Gasteiger partial charge is 0.495 e. The number of carbonyl (C=O) groups excluding carboxylic acids is 2. The molecule has 0 fully saturated rings. The lowest BCUT2D eigenvalue weighted by atomic mass is 9.95. The Hall–Kier alpha value is -4.23. The Kier molecular flexibility index (Phi) is 7.65. The zero-order valence-corrected chi connectivity index (χ0v) is 21.6. The van der Waals surface area contributed by atoms with Crippen molar-refractivity contribution < 1.29 is 19.1 Å². The second-order valence-electron chi connectivity index (χ2n) is 9.37. The van der Waals surface area contributed by atoms with Gasteiger partial charge < -0.3 is 14.8 Å². The van der Waals surface area contributed by atoms with Crippen molar-refractivity contribution in [1.29, 1.82) is 0 Å². The summed E-state index contributed by atoms with van der Waals surface area (Å²) in [6.07, 6.45) is 0.107. The lowest BCUT2D eigenvalue weighted by Gasteiger charge is -2.30. The number of nitrogens with one attached hydrogen (secondary N) is 1. The molecular weight excluding hydrogens is 478 g/mol. The molecular formula is C31H31N3O4. The SMILES string of the molecule is CCC(OC(=O)c1c2c(nc3ccccc13)CCN(Cc1ccccc1)C2)C(=O)Nc1ccccc1OC. The molecule has 2 heterocycles. The van der Waals surface area contributed by atoms with Crippen LogP contribution in [0.4, 0.5) is 5.69 Å². The summed E-state index contributed by atoms with van der Waals surface area (Å²) in [5, 5.41) is 3.58. The number of hydrogen-bond acceptors (Lipinski definition) is 6. The van der Waals surface area contributed by atoms with Crippen molar-refractivity contribution in [2.75, 3.05) is 19.0 Å². The topological polar surface area (TPSA) is 80.8 Å². The van der Waals surface area contributed by atoms with Gasteiger partial charge in [-0.15, -0.1) is 0 Å². The summed E-state index contributed by atoms with van der Waals surface area (Å²) in [4.78, 5) is 34.1. The first-order valence-corrected chi connectivity index (χ1v) is 12.9. The number of anilines is 1. The van der Waals surface area contributed by atoms with Crippen LogP contribution >= 0.6 is 0 Å². The summed E-state index contributed by atoms with van der Waals surface area (Å²) in [7, 11) is 1.54. The summed E-state index contributed by atoms with van der Waals surface area (Å²) in [5.74, 6) is -0.374. The van der Waals surface area contributed by atoms with E-state index in [2.05, 4.69) is 22.3 Å².